The Morgan fingerprint density at radius 1 is 0.143 bits per heavy atom. The maximum absolute atomic E-state index is 5.41. The van der Waals surface area contributed by atoms with Crippen molar-refractivity contribution in [1.82, 2.24) is 0 Å². The van der Waals surface area contributed by atoms with Crippen molar-refractivity contribution in [1.29, 1.82) is 0 Å². The molecule has 0 aromatic heterocycles. The lowest BCUT2D eigenvalue weighted by Crippen LogP contribution is -2.27. The lowest BCUT2D eigenvalue weighted by Gasteiger charge is -2.26. The SMILES string of the molecule is C1=NC2CCCCC2N=Cc2cc3cc(c2)C=NC2CCCCC2N=Cc2cc4cc(c2)C=NC2CCCCC2N=Cc2cc(cc(c2)C=NC2CCCCC2N=C3)C=NC2CCCCC2N=Cc2cc1cc(c2)C=NC1CCCCC1N=C4. The van der Waals surface area contributed by atoms with Gasteiger partial charge in [-0.15, -0.1) is 0 Å². The quantitative estimate of drug-likeness (QED) is 0.165. The number of aliphatic imine (C=N–C) groups is 12. The Labute approximate surface area is 498 Å². The highest BCUT2D eigenvalue weighted by Crippen LogP contribution is 2.31. The first kappa shape index (κ1) is 56.1. The molecular formula is C72H84N12. The van der Waals surface area contributed by atoms with E-state index in [1.807, 2.05) is 0 Å². The van der Waals surface area contributed by atoms with Crippen LogP contribution in [-0.2, 0) is 0 Å². The summed E-state index contributed by atoms with van der Waals surface area (Å²) in [6.07, 6.45) is 50.8. The summed E-state index contributed by atoms with van der Waals surface area (Å²) in [7, 11) is 0. The van der Waals surface area contributed by atoms with Crippen molar-refractivity contribution < 1.29 is 0 Å². The molecule has 0 saturated heterocycles. The molecule has 432 valence electrons. The molecule has 0 radical (unpaired) electrons. The highest BCUT2D eigenvalue weighted by Gasteiger charge is 2.29. The van der Waals surface area contributed by atoms with E-state index in [0.29, 0.717) is 0 Å². The van der Waals surface area contributed by atoms with E-state index in [0.717, 1.165) is 221 Å². The number of nitrogens with zero attached hydrogens (tertiary/aromatic N) is 12. The highest BCUT2D eigenvalue weighted by molar-refractivity contribution is 5.96. The molecule has 4 aromatic carbocycles. The van der Waals surface area contributed by atoms with E-state index >= 15 is 0 Å². The Morgan fingerprint density at radius 3 is 0.310 bits per heavy atom. The number of hydrogen-bond acceptors (Lipinski definition) is 12. The fraction of sp³-hybridized carbons (Fsp3) is 0.500. The highest BCUT2D eigenvalue weighted by atomic mass is 14.9. The average Bonchev–Trinajstić information content (AvgIpc) is 3.66. The van der Waals surface area contributed by atoms with Crippen molar-refractivity contribution in [2.24, 2.45) is 59.9 Å². The third kappa shape index (κ3) is 14.7. The Kier molecular flexibility index (Phi) is 18.2. The van der Waals surface area contributed by atoms with Gasteiger partial charge in [0.2, 0.25) is 0 Å². The summed E-state index contributed by atoms with van der Waals surface area (Å²) in [5.41, 5.74) is 12.6. The molecule has 12 nitrogen and oxygen atoms in total. The van der Waals surface area contributed by atoms with Crippen LogP contribution in [0.2, 0.25) is 0 Å². The zero-order valence-corrected chi connectivity index (χ0v) is 49.1. The maximum atomic E-state index is 5.41. The first-order valence-electron chi connectivity index (χ1n) is 32.5. The van der Waals surface area contributed by atoms with Crippen LogP contribution < -0.4 is 0 Å². The van der Waals surface area contributed by atoms with E-state index in [1.165, 1.54) is 0 Å². The van der Waals surface area contributed by atoms with E-state index in [4.69, 9.17) is 59.9 Å². The molecule has 0 N–H and O–H groups in total. The topological polar surface area (TPSA) is 148 Å². The van der Waals surface area contributed by atoms with Gasteiger partial charge < -0.3 is 0 Å². The maximum Gasteiger partial charge on any atom is 0.0723 e. The van der Waals surface area contributed by atoms with Gasteiger partial charge in [-0.25, -0.2) is 0 Å². The lowest BCUT2D eigenvalue weighted by atomic mass is 9.91. The van der Waals surface area contributed by atoms with Gasteiger partial charge in [0.15, 0.2) is 0 Å². The Hall–Kier alpha value is -7.08. The first-order valence-corrected chi connectivity index (χ1v) is 32.5. The van der Waals surface area contributed by atoms with Crippen molar-refractivity contribution >= 4 is 74.6 Å². The summed E-state index contributed by atoms with van der Waals surface area (Å²) in [5.74, 6) is 0. The minimum Gasteiger partial charge on any atom is -0.287 e. The number of benzene rings is 4. The fourth-order valence-corrected chi connectivity index (χ4v) is 14.5. The van der Waals surface area contributed by atoms with Gasteiger partial charge in [0.05, 0.1) is 72.5 Å². The molecule has 0 spiro atoms. The van der Waals surface area contributed by atoms with Gasteiger partial charge in [-0.1, -0.05) is 77.0 Å². The van der Waals surface area contributed by atoms with Gasteiger partial charge in [0.25, 0.3) is 0 Å². The van der Waals surface area contributed by atoms with Crippen LogP contribution in [0.1, 0.15) is 221 Å². The molecule has 6 fully saturated rings. The van der Waals surface area contributed by atoms with Crippen molar-refractivity contribution in [3.05, 3.63) is 140 Å². The molecule has 12 bridgehead atoms. The molecule has 0 amide bonds. The van der Waals surface area contributed by atoms with Crippen molar-refractivity contribution in [3.8, 4) is 0 Å². The largest absolute Gasteiger partial charge is 0.287 e. The Bertz CT molecular complexity index is 2510. The molecule has 84 heavy (non-hydrogen) atoms. The molecule has 12 unspecified atom stereocenters. The molecule has 4 aromatic rings. The summed E-state index contributed by atoms with van der Waals surface area (Å²) in [5, 5.41) is 0. The summed E-state index contributed by atoms with van der Waals surface area (Å²) in [6.45, 7) is 0. The molecular weight excluding hydrogens is 1030 g/mol. The van der Waals surface area contributed by atoms with Gasteiger partial charge in [0.1, 0.15) is 0 Å². The van der Waals surface area contributed by atoms with Crippen LogP contribution in [0.5, 0.6) is 0 Å². The molecule has 12 heteroatoms. The van der Waals surface area contributed by atoms with Crippen molar-refractivity contribution in [2.75, 3.05) is 0 Å². The normalized spacial score (nSPS) is 30.6. The van der Waals surface area contributed by atoms with Crippen LogP contribution in [0.15, 0.2) is 133 Å². The molecule has 4 aliphatic heterocycles. The van der Waals surface area contributed by atoms with Crippen LogP contribution in [0.4, 0.5) is 0 Å². The standard InChI is InChI=1S/C72H84N12/c1-2-14-62-61(13-1)73-37-49-25-51-29-52(26-49)40-76-64-16-4-6-18-66(64)80-44-56-32-58-36-60(34-56)48-84-72-24-12-11-23-71(72)83-47-59-33-55(43-79-65-17-5-3-15-63(65)75-39-51)31-57(35-59)45-81-69-21-9-7-19-67(69)77-41-53-27-50(38-74-62)28-54(30-53)42-78-68-20-8-10-22-70(68)82-46-58/h25-48,61-72H,1-24H2. The van der Waals surface area contributed by atoms with Crippen molar-refractivity contribution in [2.45, 2.75) is 227 Å². The monoisotopic (exact) mass is 1120 g/mol. The number of rotatable bonds is 0. The summed E-state index contributed by atoms with van der Waals surface area (Å²) in [6, 6.07) is 27.7. The van der Waals surface area contributed by atoms with Gasteiger partial charge in [-0.2, -0.15) is 0 Å². The predicted molar refractivity (Wildman–Crippen MR) is 353 cm³/mol. The zero-order valence-electron chi connectivity index (χ0n) is 49.1. The second-order valence-electron chi connectivity index (χ2n) is 25.6. The Morgan fingerprint density at radius 2 is 0.226 bits per heavy atom. The third-order valence-corrected chi connectivity index (χ3v) is 19.1. The minimum atomic E-state index is 0.0680. The second-order valence-corrected chi connectivity index (χ2v) is 25.6. The van der Waals surface area contributed by atoms with Gasteiger partial charge in [0, 0.05) is 74.6 Å². The minimum absolute atomic E-state index is 0.0680. The third-order valence-electron chi connectivity index (χ3n) is 19.1. The van der Waals surface area contributed by atoms with E-state index in [-0.39, 0.29) is 72.5 Å². The second kappa shape index (κ2) is 27.3. The van der Waals surface area contributed by atoms with Crippen LogP contribution in [0.25, 0.3) is 0 Å². The molecule has 10 aliphatic rings. The summed E-state index contributed by atoms with van der Waals surface area (Å²) in [4.78, 5) is 64.9. The van der Waals surface area contributed by atoms with Crippen LogP contribution in [0, 0.1) is 0 Å². The van der Waals surface area contributed by atoms with Crippen molar-refractivity contribution in [3.63, 3.8) is 0 Å². The van der Waals surface area contributed by atoms with E-state index < -0.39 is 0 Å². The average molecular weight is 1120 g/mol. The summed E-state index contributed by atoms with van der Waals surface area (Å²) >= 11 is 0. The van der Waals surface area contributed by atoms with Crippen LogP contribution in [0.3, 0.4) is 0 Å². The van der Waals surface area contributed by atoms with E-state index in [1.54, 1.807) is 0 Å². The zero-order chi connectivity index (χ0) is 56.3. The molecule has 6 saturated carbocycles. The van der Waals surface area contributed by atoms with Crippen LogP contribution >= 0.6 is 0 Å². The van der Waals surface area contributed by atoms with E-state index in [2.05, 4.69) is 147 Å². The number of hydrogen-bond donors (Lipinski definition) is 0. The Balaban J connectivity index is 1.00. The fourth-order valence-electron chi connectivity index (χ4n) is 14.5. The molecule has 14 rings (SSSR count). The van der Waals surface area contributed by atoms with Gasteiger partial charge in [-0.05, 0) is 217 Å². The van der Waals surface area contributed by atoms with Gasteiger partial charge >= 0.3 is 0 Å². The lowest BCUT2D eigenvalue weighted by molar-refractivity contribution is 0.390. The molecule has 12 atom stereocenters. The smallest absolute Gasteiger partial charge is 0.0723 e. The molecule has 4 heterocycles. The van der Waals surface area contributed by atoms with Gasteiger partial charge in [-0.3, -0.25) is 59.9 Å². The first-order chi connectivity index (χ1) is 41.5. The van der Waals surface area contributed by atoms with E-state index in [9.17, 15) is 0 Å². The summed E-state index contributed by atoms with van der Waals surface area (Å²) < 4.78 is 0. The molecule has 6 aliphatic carbocycles. The van der Waals surface area contributed by atoms with Crippen LogP contribution in [-0.4, -0.2) is 147 Å². The predicted octanol–water partition coefficient (Wildman–Crippen LogP) is 13.7.